The summed E-state index contributed by atoms with van der Waals surface area (Å²) in [5.41, 5.74) is 5.31. The first-order valence-corrected chi connectivity index (χ1v) is 11.9. The lowest BCUT2D eigenvalue weighted by atomic mass is 10.2. The average Bonchev–Trinajstić information content (AvgIpc) is 3.46. The Bertz CT molecular complexity index is 1060. The van der Waals surface area contributed by atoms with Crippen LogP contribution in [0.25, 0.3) is 10.7 Å². The van der Waals surface area contributed by atoms with E-state index in [-0.39, 0.29) is 12.3 Å². The number of unbranched alkanes of at least 4 members (excludes halogenated alkanes) is 3. The molecule has 3 rings (SSSR count). The van der Waals surface area contributed by atoms with Gasteiger partial charge in [0, 0.05) is 18.5 Å². The van der Waals surface area contributed by atoms with E-state index < -0.39 is 5.91 Å². The molecule has 8 nitrogen and oxygen atoms in total. The van der Waals surface area contributed by atoms with E-state index >= 15 is 0 Å². The number of thiophene rings is 1. The Morgan fingerprint density at radius 1 is 1.16 bits per heavy atom. The van der Waals surface area contributed by atoms with Gasteiger partial charge in [-0.05, 0) is 54.4 Å². The number of aromatic amines is 1. The summed E-state index contributed by atoms with van der Waals surface area (Å²) in [6.45, 7) is 3.18. The zero-order valence-electron chi connectivity index (χ0n) is 17.9. The minimum Gasteiger partial charge on any atom is -0.494 e. The molecule has 0 aliphatic heterocycles. The van der Waals surface area contributed by atoms with Gasteiger partial charge in [-0.1, -0.05) is 32.3 Å². The minimum atomic E-state index is -0.396. The van der Waals surface area contributed by atoms with Crippen molar-refractivity contribution in [3.8, 4) is 16.5 Å². The van der Waals surface area contributed by atoms with Crippen molar-refractivity contribution in [2.45, 2.75) is 45.6 Å². The molecule has 32 heavy (non-hydrogen) atoms. The molecule has 0 atom stereocenters. The highest BCUT2D eigenvalue weighted by Gasteiger charge is 2.12. The maximum Gasteiger partial charge on any atom is 0.269 e. The lowest BCUT2D eigenvalue weighted by Gasteiger charge is -2.10. The first-order chi connectivity index (χ1) is 15.6. The molecule has 0 saturated heterocycles. The van der Waals surface area contributed by atoms with Crippen LogP contribution in [-0.2, 0) is 11.3 Å². The van der Waals surface area contributed by atoms with E-state index in [1.165, 1.54) is 12.8 Å². The van der Waals surface area contributed by atoms with Crippen LogP contribution in [0.4, 0.5) is 0 Å². The maximum atomic E-state index is 12.3. The fourth-order valence-corrected chi connectivity index (χ4v) is 3.96. The Morgan fingerprint density at radius 3 is 2.69 bits per heavy atom. The number of carbonyl (C=O) groups is 2. The molecule has 1 aromatic carbocycles. The van der Waals surface area contributed by atoms with Gasteiger partial charge in [-0.2, -0.15) is 5.10 Å². The molecule has 0 aliphatic rings. The first kappa shape index (κ1) is 23.7. The molecule has 2 aromatic heterocycles. The first-order valence-electron chi connectivity index (χ1n) is 10.6. The van der Waals surface area contributed by atoms with Crippen molar-refractivity contribution in [3.05, 3.63) is 52.1 Å². The number of aromatic nitrogens is 3. The second-order valence-electron chi connectivity index (χ2n) is 7.17. The lowest BCUT2D eigenvalue weighted by Crippen LogP contribution is -2.41. The van der Waals surface area contributed by atoms with Crippen LogP contribution in [0, 0.1) is 4.77 Å². The van der Waals surface area contributed by atoms with E-state index in [2.05, 4.69) is 28.0 Å². The summed E-state index contributed by atoms with van der Waals surface area (Å²) in [6, 6.07) is 10.7. The van der Waals surface area contributed by atoms with Gasteiger partial charge in [-0.15, -0.1) is 11.3 Å². The molecule has 0 unspecified atom stereocenters. The fraction of sp³-hybridized carbons (Fsp3) is 0.364. The molecule has 0 fully saturated rings. The molecule has 0 radical (unpaired) electrons. The van der Waals surface area contributed by atoms with Gasteiger partial charge in [-0.25, -0.2) is 0 Å². The number of ether oxygens (including phenoxy) is 1. The third-order valence-electron chi connectivity index (χ3n) is 4.76. The summed E-state index contributed by atoms with van der Waals surface area (Å²) in [5.74, 6) is 0.688. The van der Waals surface area contributed by atoms with Gasteiger partial charge < -0.3 is 4.74 Å². The third kappa shape index (κ3) is 6.76. The number of H-pyrrole nitrogens is 1. The Kier molecular flexibility index (Phi) is 9.00. The zero-order chi connectivity index (χ0) is 22.8. The predicted molar refractivity (Wildman–Crippen MR) is 127 cm³/mol. The average molecular weight is 474 g/mol. The predicted octanol–water partition coefficient (Wildman–Crippen LogP) is 4.48. The highest BCUT2D eigenvalue weighted by molar-refractivity contribution is 7.71. The van der Waals surface area contributed by atoms with Crippen LogP contribution in [0.15, 0.2) is 41.8 Å². The van der Waals surface area contributed by atoms with Gasteiger partial charge in [0.2, 0.25) is 5.91 Å². The third-order valence-corrected chi connectivity index (χ3v) is 5.94. The van der Waals surface area contributed by atoms with Crippen LogP contribution in [0.2, 0.25) is 0 Å². The molecule has 0 saturated carbocycles. The summed E-state index contributed by atoms with van der Waals surface area (Å²) >= 11 is 6.80. The highest BCUT2D eigenvalue weighted by Crippen LogP contribution is 2.22. The van der Waals surface area contributed by atoms with Gasteiger partial charge in [-0.3, -0.25) is 30.1 Å². The number of benzene rings is 1. The van der Waals surface area contributed by atoms with E-state index in [0.717, 1.165) is 23.5 Å². The van der Waals surface area contributed by atoms with Crippen LogP contribution in [0.5, 0.6) is 5.75 Å². The normalized spacial score (nSPS) is 10.7. The van der Waals surface area contributed by atoms with Crippen LogP contribution in [0.1, 0.15) is 49.4 Å². The molecule has 3 aromatic rings. The SMILES string of the molecule is CCCCCCOc1ccc(C(=O)NNC(=O)CCn2c(-c3cccs3)n[nH]c2=S)cc1. The number of nitrogens with zero attached hydrogens (tertiary/aromatic N) is 2. The number of rotatable bonds is 11. The number of hydrogen-bond donors (Lipinski definition) is 3. The largest absolute Gasteiger partial charge is 0.494 e. The summed E-state index contributed by atoms with van der Waals surface area (Å²) in [5, 5.41) is 8.94. The number of hydrazine groups is 1. The van der Waals surface area contributed by atoms with Crippen molar-refractivity contribution in [2.75, 3.05) is 6.61 Å². The van der Waals surface area contributed by atoms with Gasteiger partial charge >= 0.3 is 0 Å². The maximum absolute atomic E-state index is 12.3. The van der Waals surface area contributed by atoms with E-state index in [1.807, 2.05) is 17.5 Å². The van der Waals surface area contributed by atoms with E-state index in [9.17, 15) is 9.59 Å². The van der Waals surface area contributed by atoms with Gasteiger partial charge in [0.1, 0.15) is 5.75 Å². The molecular weight excluding hydrogens is 446 g/mol. The molecule has 0 spiro atoms. The van der Waals surface area contributed by atoms with Crippen molar-refractivity contribution in [1.29, 1.82) is 0 Å². The molecular formula is C22H27N5O3S2. The monoisotopic (exact) mass is 473 g/mol. The summed E-state index contributed by atoms with van der Waals surface area (Å²) < 4.78 is 7.89. The van der Waals surface area contributed by atoms with Crippen LogP contribution < -0.4 is 15.6 Å². The Labute approximate surface area is 196 Å². The molecule has 10 heteroatoms. The van der Waals surface area contributed by atoms with Gasteiger partial charge in [0.15, 0.2) is 10.6 Å². The number of amides is 2. The van der Waals surface area contributed by atoms with Crippen molar-refractivity contribution in [1.82, 2.24) is 25.6 Å². The molecule has 3 N–H and O–H groups in total. The topological polar surface area (TPSA) is 101 Å². The van der Waals surface area contributed by atoms with Gasteiger partial charge in [0.05, 0.1) is 11.5 Å². The minimum absolute atomic E-state index is 0.136. The standard InChI is InChI=1S/C22H27N5O3S2/c1-2-3-4-5-14-30-17-10-8-16(9-11-17)21(29)25-23-19(28)12-13-27-20(24-26-22(27)31)18-7-6-15-32-18/h6-11,15H,2-5,12-14H2,1H3,(H,23,28)(H,25,29)(H,26,31). The van der Waals surface area contributed by atoms with Crippen molar-refractivity contribution >= 4 is 35.4 Å². The molecule has 0 aliphatic carbocycles. The van der Waals surface area contributed by atoms with Crippen molar-refractivity contribution in [2.24, 2.45) is 0 Å². The Balaban J connectivity index is 1.43. The number of carbonyl (C=O) groups excluding carboxylic acids is 2. The summed E-state index contributed by atoms with van der Waals surface area (Å²) in [6.07, 6.45) is 4.70. The van der Waals surface area contributed by atoms with E-state index in [4.69, 9.17) is 17.0 Å². The number of hydrogen-bond acceptors (Lipinski definition) is 6. The molecule has 2 amide bonds. The Morgan fingerprint density at radius 2 is 1.97 bits per heavy atom. The fourth-order valence-electron chi connectivity index (χ4n) is 3.01. The van der Waals surface area contributed by atoms with Crippen LogP contribution in [0.3, 0.4) is 0 Å². The summed E-state index contributed by atoms with van der Waals surface area (Å²) in [4.78, 5) is 25.5. The molecule has 2 heterocycles. The lowest BCUT2D eigenvalue weighted by molar-refractivity contribution is -0.122. The Hall–Kier alpha value is -2.98. The van der Waals surface area contributed by atoms with Gasteiger partial charge in [0.25, 0.3) is 5.91 Å². The number of nitrogens with one attached hydrogen (secondary N) is 3. The quantitative estimate of drug-likeness (QED) is 0.217. The van der Waals surface area contributed by atoms with E-state index in [1.54, 1.807) is 40.2 Å². The van der Waals surface area contributed by atoms with Crippen molar-refractivity contribution < 1.29 is 14.3 Å². The smallest absolute Gasteiger partial charge is 0.269 e. The van der Waals surface area contributed by atoms with Crippen molar-refractivity contribution in [3.63, 3.8) is 0 Å². The highest BCUT2D eigenvalue weighted by atomic mass is 32.1. The second-order valence-corrected chi connectivity index (χ2v) is 8.50. The summed E-state index contributed by atoms with van der Waals surface area (Å²) in [7, 11) is 0. The second kappa shape index (κ2) is 12.2. The van der Waals surface area contributed by atoms with Crippen LogP contribution in [-0.4, -0.2) is 33.2 Å². The van der Waals surface area contributed by atoms with Crippen LogP contribution >= 0.6 is 23.6 Å². The zero-order valence-corrected chi connectivity index (χ0v) is 19.6. The van der Waals surface area contributed by atoms with E-state index in [0.29, 0.717) is 29.3 Å². The molecule has 170 valence electrons. The molecule has 0 bridgehead atoms.